The van der Waals surface area contributed by atoms with Crippen LogP contribution in [0.5, 0.6) is 0 Å². The molecule has 0 unspecified atom stereocenters. The van der Waals surface area contributed by atoms with Crippen molar-refractivity contribution in [3.05, 3.63) is 0 Å². The lowest BCUT2D eigenvalue weighted by atomic mass is 10.3. The van der Waals surface area contributed by atoms with Crippen LogP contribution in [0, 0.1) is 0 Å². The third-order valence-corrected chi connectivity index (χ3v) is 8.53. The third-order valence-electron chi connectivity index (χ3n) is 4.90. The van der Waals surface area contributed by atoms with E-state index in [1.54, 1.807) is 0 Å². The molecule has 0 saturated carbocycles. The minimum atomic E-state index is -2.63. The molecule has 1 aliphatic heterocycles. The molecule has 1 heterocycles. The molecule has 0 aromatic rings. The number of nitrogens with zero attached hydrogens (tertiary/aromatic N) is 2. The fraction of sp³-hybridized carbons (Fsp3) is 1.00. The van der Waals surface area contributed by atoms with E-state index in [0.717, 1.165) is 77.5 Å². The molecular weight excluding hydrogens is 319 g/mol. The van der Waals surface area contributed by atoms with Crippen molar-refractivity contribution in [1.29, 1.82) is 0 Å². The normalized spacial score (nSPS) is 21.0. The molecule has 0 amide bonds. The van der Waals surface area contributed by atoms with E-state index in [9.17, 15) is 4.57 Å². The molecule has 0 spiro atoms. The molecular formula is C19H41N2O2P. The second kappa shape index (κ2) is 11.7. The van der Waals surface area contributed by atoms with Gasteiger partial charge in [0.15, 0.2) is 5.85 Å². The topological polar surface area (TPSA) is 36.1 Å². The Balaban J connectivity index is 3.02. The molecule has 0 aliphatic carbocycles. The Morgan fingerprint density at radius 2 is 1.04 bits per heavy atom. The van der Waals surface area contributed by atoms with E-state index < -0.39 is 7.44 Å². The van der Waals surface area contributed by atoms with Gasteiger partial charge in [-0.05, 0) is 32.6 Å². The lowest BCUT2D eigenvalue weighted by molar-refractivity contribution is 0.299. The van der Waals surface area contributed by atoms with Crippen LogP contribution < -0.4 is 0 Å². The molecule has 0 N–H and O–H groups in total. The SMILES string of the molecule is CCCCN(CCCC)P(=O)([C@@H]1O[C@@H]1C)N(CCCC)CCCC. The molecule has 1 rings (SSSR count). The highest BCUT2D eigenvalue weighted by atomic mass is 31.2. The van der Waals surface area contributed by atoms with Gasteiger partial charge in [-0.1, -0.05) is 53.4 Å². The highest BCUT2D eigenvalue weighted by Gasteiger charge is 2.55. The predicted octanol–water partition coefficient (Wildman–Crippen LogP) is 5.73. The minimum absolute atomic E-state index is 0.0695. The highest BCUT2D eigenvalue weighted by molar-refractivity contribution is 7.60. The van der Waals surface area contributed by atoms with Gasteiger partial charge in [0.25, 0.3) is 0 Å². The van der Waals surface area contributed by atoms with E-state index in [0.29, 0.717) is 0 Å². The maximum absolute atomic E-state index is 14.3. The van der Waals surface area contributed by atoms with E-state index in [-0.39, 0.29) is 11.9 Å². The van der Waals surface area contributed by atoms with Gasteiger partial charge in [0.1, 0.15) is 0 Å². The standard InChI is InChI=1S/C19H41N2O2P/c1-6-10-14-20(15-11-7-2)24(22,19-18(5)23-19)21(16-12-8-3)17-13-9-4/h18-19H,6-17H2,1-5H3/t18-,19+/m1/s1. The average molecular weight is 361 g/mol. The van der Waals surface area contributed by atoms with Crippen LogP contribution in [0.2, 0.25) is 0 Å². The predicted molar refractivity (Wildman–Crippen MR) is 105 cm³/mol. The van der Waals surface area contributed by atoms with Gasteiger partial charge < -0.3 is 4.74 Å². The van der Waals surface area contributed by atoms with Crippen LogP contribution in [-0.2, 0) is 9.30 Å². The summed E-state index contributed by atoms with van der Waals surface area (Å²) in [6, 6.07) is 0. The van der Waals surface area contributed by atoms with Crippen molar-refractivity contribution in [3.63, 3.8) is 0 Å². The molecule has 0 aromatic carbocycles. The number of rotatable bonds is 15. The van der Waals surface area contributed by atoms with Crippen molar-refractivity contribution in [2.45, 2.75) is 97.9 Å². The first-order chi connectivity index (χ1) is 11.6. The number of hydrogen-bond acceptors (Lipinski definition) is 2. The summed E-state index contributed by atoms with van der Waals surface area (Å²) in [6.07, 6.45) is 9.19. The van der Waals surface area contributed by atoms with Crippen molar-refractivity contribution in [2.75, 3.05) is 26.2 Å². The summed E-state index contributed by atoms with van der Waals surface area (Å²) in [6.45, 7) is 14.7. The summed E-state index contributed by atoms with van der Waals surface area (Å²) < 4.78 is 24.8. The van der Waals surface area contributed by atoms with E-state index in [4.69, 9.17) is 4.74 Å². The molecule has 1 saturated heterocycles. The van der Waals surface area contributed by atoms with Crippen LogP contribution in [0.3, 0.4) is 0 Å². The summed E-state index contributed by atoms with van der Waals surface area (Å²) in [5, 5.41) is 0. The molecule has 0 bridgehead atoms. The zero-order valence-electron chi connectivity index (χ0n) is 16.8. The second-order valence-corrected chi connectivity index (χ2v) is 9.96. The first-order valence-corrected chi connectivity index (χ1v) is 12.0. The molecule has 144 valence electrons. The Kier molecular flexibility index (Phi) is 10.8. The minimum Gasteiger partial charge on any atom is -0.359 e. The van der Waals surface area contributed by atoms with Crippen molar-refractivity contribution >= 4 is 7.44 Å². The quantitative estimate of drug-likeness (QED) is 0.276. The molecule has 24 heavy (non-hydrogen) atoms. The van der Waals surface area contributed by atoms with E-state index >= 15 is 0 Å². The molecule has 5 heteroatoms. The van der Waals surface area contributed by atoms with Gasteiger partial charge in [-0.15, -0.1) is 0 Å². The second-order valence-electron chi connectivity index (χ2n) is 7.14. The summed E-state index contributed by atoms with van der Waals surface area (Å²) >= 11 is 0. The zero-order chi connectivity index (χ0) is 18.0. The summed E-state index contributed by atoms with van der Waals surface area (Å²) in [5.41, 5.74) is 0. The van der Waals surface area contributed by atoms with E-state index in [1.807, 2.05) is 0 Å². The molecule has 1 fully saturated rings. The van der Waals surface area contributed by atoms with Crippen molar-refractivity contribution in [1.82, 2.24) is 9.34 Å². The molecule has 0 aromatic heterocycles. The maximum atomic E-state index is 14.3. The van der Waals surface area contributed by atoms with Gasteiger partial charge >= 0.3 is 0 Å². The average Bonchev–Trinajstić information content (AvgIpc) is 3.32. The first kappa shape index (κ1) is 22.2. The number of epoxide rings is 1. The first-order valence-electron chi connectivity index (χ1n) is 10.3. The van der Waals surface area contributed by atoms with Crippen LogP contribution in [0.15, 0.2) is 0 Å². The lowest BCUT2D eigenvalue weighted by Crippen LogP contribution is -2.37. The molecule has 0 radical (unpaired) electrons. The Morgan fingerprint density at radius 3 is 1.25 bits per heavy atom. The highest BCUT2D eigenvalue weighted by Crippen LogP contribution is 2.64. The number of ether oxygens (including phenoxy) is 1. The van der Waals surface area contributed by atoms with Crippen LogP contribution in [0.25, 0.3) is 0 Å². The van der Waals surface area contributed by atoms with Crippen molar-refractivity contribution < 1.29 is 9.30 Å². The summed E-state index contributed by atoms with van der Waals surface area (Å²) in [7, 11) is -2.63. The fourth-order valence-electron chi connectivity index (χ4n) is 3.19. The smallest absolute Gasteiger partial charge is 0.247 e. The Labute approximate surface area is 150 Å². The van der Waals surface area contributed by atoms with Gasteiger partial charge in [-0.3, -0.25) is 4.57 Å². The largest absolute Gasteiger partial charge is 0.359 e. The molecule has 2 atom stereocenters. The van der Waals surface area contributed by atoms with Gasteiger partial charge in [0.2, 0.25) is 7.44 Å². The van der Waals surface area contributed by atoms with Gasteiger partial charge in [-0.25, -0.2) is 9.34 Å². The number of hydrogen-bond donors (Lipinski definition) is 0. The van der Waals surface area contributed by atoms with Crippen molar-refractivity contribution in [3.8, 4) is 0 Å². The fourth-order valence-corrected chi connectivity index (χ4v) is 6.80. The lowest BCUT2D eigenvalue weighted by Gasteiger charge is -2.39. The van der Waals surface area contributed by atoms with E-state index in [1.165, 1.54) is 0 Å². The van der Waals surface area contributed by atoms with Gasteiger partial charge in [0.05, 0.1) is 6.10 Å². The summed E-state index contributed by atoms with van der Waals surface area (Å²) in [4.78, 5) is 0. The van der Waals surface area contributed by atoms with Crippen LogP contribution in [0.4, 0.5) is 0 Å². The van der Waals surface area contributed by atoms with Gasteiger partial charge in [0, 0.05) is 26.2 Å². The van der Waals surface area contributed by atoms with Crippen molar-refractivity contribution in [2.24, 2.45) is 0 Å². The monoisotopic (exact) mass is 360 g/mol. The molecule has 1 aliphatic rings. The Hall–Kier alpha value is 0.110. The van der Waals surface area contributed by atoms with Crippen LogP contribution in [0.1, 0.15) is 86.0 Å². The maximum Gasteiger partial charge on any atom is 0.247 e. The zero-order valence-corrected chi connectivity index (χ0v) is 17.7. The van der Waals surface area contributed by atoms with Crippen LogP contribution >= 0.6 is 7.44 Å². The number of unbranched alkanes of at least 4 members (excludes halogenated alkanes) is 4. The molecule has 4 nitrogen and oxygen atoms in total. The van der Waals surface area contributed by atoms with Gasteiger partial charge in [-0.2, -0.15) is 0 Å². The van der Waals surface area contributed by atoms with E-state index in [2.05, 4.69) is 44.0 Å². The summed E-state index contributed by atoms with van der Waals surface area (Å²) in [5.74, 6) is -0.0695. The van der Waals surface area contributed by atoms with Crippen LogP contribution in [-0.4, -0.2) is 47.5 Å². The Morgan fingerprint density at radius 1 is 0.750 bits per heavy atom. The Bertz CT molecular complexity index is 338. The third kappa shape index (κ3) is 6.12.